The number of carbonyl (C=O) groups excluding carboxylic acids is 1. The third-order valence-corrected chi connectivity index (χ3v) is 5.26. The molecule has 2 aliphatic rings. The van der Waals surface area contributed by atoms with Gasteiger partial charge in [-0.2, -0.15) is 0 Å². The van der Waals surface area contributed by atoms with E-state index < -0.39 is 0 Å². The number of para-hydroxylation sites is 1. The van der Waals surface area contributed by atoms with Crippen molar-refractivity contribution in [3.8, 4) is 5.75 Å². The topological polar surface area (TPSA) is 42.0 Å². The summed E-state index contributed by atoms with van der Waals surface area (Å²) in [6, 6.07) is 7.62. The van der Waals surface area contributed by atoms with Crippen LogP contribution < -0.4 is 4.74 Å². The molecule has 2 heterocycles. The van der Waals surface area contributed by atoms with Gasteiger partial charge < -0.3 is 9.47 Å². The van der Waals surface area contributed by atoms with Crippen LogP contribution >= 0.6 is 24.0 Å². The molecule has 2 aliphatic heterocycles. The molecule has 3 rings (SSSR count). The number of benzene rings is 1. The van der Waals surface area contributed by atoms with E-state index in [0.29, 0.717) is 35.7 Å². The van der Waals surface area contributed by atoms with E-state index in [2.05, 4.69) is 11.5 Å². The Morgan fingerprint density at radius 1 is 1.32 bits per heavy atom. The van der Waals surface area contributed by atoms with Gasteiger partial charge in [0.1, 0.15) is 16.7 Å². The summed E-state index contributed by atoms with van der Waals surface area (Å²) in [6.45, 7) is 7.61. The predicted molar refractivity (Wildman–Crippen MR) is 104 cm³/mol. The Morgan fingerprint density at radius 3 is 2.84 bits per heavy atom. The standard InChI is InChI=1S/C18H20N2O3S2/c1-2-9-23-15-6-4-3-5-14(15)12-16-17(21)20(18(24)25-16)13-19-7-10-22-11-8-19/h2-6,12H,1,7-11,13H2/b16-12-. The van der Waals surface area contributed by atoms with Gasteiger partial charge >= 0.3 is 0 Å². The van der Waals surface area contributed by atoms with Crippen LogP contribution in [0.25, 0.3) is 6.08 Å². The summed E-state index contributed by atoms with van der Waals surface area (Å²) in [7, 11) is 0. The lowest BCUT2D eigenvalue weighted by atomic mass is 10.2. The minimum Gasteiger partial charge on any atom is -0.489 e. The van der Waals surface area contributed by atoms with Gasteiger partial charge in [-0.3, -0.25) is 14.6 Å². The van der Waals surface area contributed by atoms with Gasteiger partial charge in [-0.25, -0.2) is 0 Å². The lowest BCUT2D eigenvalue weighted by Crippen LogP contribution is -2.45. The van der Waals surface area contributed by atoms with Crippen molar-refractivity contribution in [3.05, 3.63) is 47.4 Å². The average molecular weight is 377 g/mol. The van der Waals surface area contributed by atoms with E-state index in [1.807, 2.05) is 30.3 Å². The number of morpholine rings is 1. The zero-order valence-electron chi connectivity index (χ0n) is 13.8. The zero-order valence-corrected chi connectivity index (χ0v) is 15.5. The number of hydrogen-bond acceptors (Lipinski definition) is 6. The second kappa shape index (κ2) is 8.62. The minimum atomic E-state index is -0.0555. The number of thioether (sulfide) groups is 1. The maximum atomic E-state index is 12.8. The van der Waals surface area contributed by atoms with Gasteiger partial charge in [0.2, 0.25) is 0 Å². The highest BCUT2D eigenvalue weighted by molar-refractivity contribution is 8.26. The highest BCUT2D eigenvalue weighted by Crippen LogP contribution is 2.34. The smallest absolute Gasteiger partial charge is 0.267 e. The molecule has 5 nitrogen and oxygen atoms in total. The van der Waals surface area contributed by atoms with Gasteiger partial charge in [0.15, 0.2) is 0 Å². The van der Waals surface area contributed by atoms with Gasteiger partial charge in [-0.05, 0) is 12.1 Å². The van der Waals surface area contributed by atoms with Crippen LogP contribution in [0, 0.1) is 0 Å². The maximum absolute atomic E-state index is 12.8. The van der Waals surface area contributed by atoms with E-state index in [0.717, 1.165) is 24.4 Å². The molecule has 25 heavy (non-hydrogen) atoms. The van der Waals surface area contributed by atoms with E-state index in [-0.39, 0.29) is 5.91 Å². The monoisotopic (exact) mass is 376 g/mol. The fourth-order valence-corrected chi connectivity index (χ4v) is 3.82. The summed E-state index contributed by atoms with van der Waals surface area (Å²) in [5.74, 6) is 0.667. The molecular weight excluding hydrogens is 356 g/mol. The molecule has 1 aromatic carbocycles. The number of carbonyl (C=O) groups is 1. The number of nitrogens with zero attached hydrogens (tertiary/aromatic N) is 2. The van der Waals surface area contributed by atoms with Crippen molar-refractivity contribution in [2.24, 2.45) is 0 Å². The Kier molecular flexibility index (Phi) is 6.25. The molecule has 0 aromatic heterocycles. The Hall–Kier alpha value is -1.67. The molecule has 132 valence electrons. The summed E-state index contributed by atoms with van der Waals surface area (Å²) < 4.78 is 11.6. The van der Waals surface area contributed by atoms with E-state index in [9.17, 15) is 4.79 Å². The van der Waals surface area contributed by atoms with Crippen molar-refractivity contribution in [1.29, 1.82) is 0 Å². The Balaban J connectivity index is 1.75. The summed E-state index contributed by atoms with van der Waals surface area (Å²) >= 11 is 6.74. The normalized spacial score (nSPS) is 20.3. The third kappa shape index (κ3) is 4.49. The van der Waals surface area contributed by atoms with Gasteiger partial charge in [-0.1, -0.05) is 54.8 Å². The van der Waals surface area contributed by atoms with Gasteiger partial charge in [0.05, 0.1) is 24.8 Å². The quantitative estimate of drug-likeness (QED) is 0.432. The van der Waals surface area contributed by atoms with E-state index >= 15 is 0 Å². The third-order valence-electron chi connectivity index (χ3n) is 3.88. The van der Waals surface area contributed by atoms with Crippen molar-refractivity contribution in [2.45, 2.75) is 0 Å². The fraction of sp³-hybridized carbons (Fsp3) is 0.333. The summed E-state index contributed by atoms with van der Waals surface area (Å²) in [4.78, 5) is 17.2. The van der Waals surface area contributed by atoms with Gasteiger partial charge in [0, 0.05) is 18.7 Å². The maximum Gasteiger partial charge on any atom is 0.267 e. The largest absolute Gasteiger partial charge is 0.489 e. The van der Waals surface area contributed by atoms with Crippen LogP contribution in [0.1, 0.15) is 5.56 Å². The summed E-state index contributed by atoms with van der Waals surface area (Å²) in [5, 5.41) is 0. The summed E-state index contributed by atoms with van der Waals surface area (Å²) in [6.07, 6.45) is 3.54. The highest BCUT2D eigenvalue weighted by Gasteiger charge is 2.33. The molecule has 0 spiro atoms. The van der Waals surface area contributed by atoms with Crippen LogP contribution in [0.3, 0.4) is 0 Å². The molecule has 1 aromatic rings. The van der Waals surface area contributed by atoms with E-state index in [1.165, 1.54) is 11.8 Å². The fourth-order valence-electron chi connectivity index (χ4n) is 2.59. The van der Waals surface area contributed by atoms with E-state index in [4.69, 9.17) is 21.7 Å². The van der Waals surface area contributed by atoms with Crippen LogP contribution in [-0.2, 0) is 9.53 Å². The molecule has 1 amide bonds. The number of rotatable bonds is 6. The first-order valence-electron chi connectivity index (χ1n) is 8.07. The lowest BCUT2D eigenvalue weighted by Gasteiger charge is -2.29. The van der Waals surface area contributed by atoms with Crippen LogP contribution in [0.15, 0.2) is 41.8 Å². The molecule has 7 heteroatoms. The molecule has 2 saturated heterocycles. The van der Waals surface area contributed by atoms with Crippen molar-refractivity contribution < 1.29 is 14.3 Å². The van der Waals surface area contributed by atoms with Crippen molar-refractivity contribution >= 4 is 40.3 Å². The number of thiocarbonyl (C=S) groups is 1. The SMILES string of the molecule is C=CCOc1ccccc1/C=C1\SC(=S)N(CN2CCOCC2)C1=O. The Bertz CT molecular complexity index is 699. The minimum absolute atomic E-state index is 0.0555. The van der Waals surface area contributed by atoms with Crippen molar-refractivity contribution in [1.82, 2.24) is 9.80 Å². The molecule has 2 fully saturated rings. The molecule has 0 saturated carbocycles. The lowest BCUT2D eigenvalue weighted by molar-refractivity contribution is -0.124. The van der Waals surface area contributed by atoms with Crippen LogP contribution in [0.4, 0.5) is 0 Å². The van der Waals surface area contributed by atoms with Gasteiger partial charge in [-0.15, -0.1) is 0 Å². The molecule has 0 N–H and O–H groups in total. The first-order chi connectivity index (χ1) is 12.2. The number of ether oxygens (including phenoxy) is 2. The zero-order chi connectivity index (χ0) is 17.6. The molecule has 0 atom stereocenters. The van der Waals surface area contributed by atoms with Gasteiger partial charge in [0.25, 0.3) is 5.91 Å². The molecular formula is C18H20N2O3S2. The number of amides is 1. The van der Waals surface area contributed by atoms with Crippen LogP contribution in [-0.4, -0.2) is 59.6 Å². The van der Waals surface area contributed by atoms with Crippen LogP contribution in [0.2, 0.25) is 0 Å². The molecule has 0 bridgehead atoms. The van der Waals surface area contributed by atoms with Crippen molar-refractivity contribution in [3.63, 3.8) is 0 Å². The average Bonchev–Trinajstić information content (AvgIpc) is 2.89. The first-order valence-corrected chi connectivity index (χ1v) is 9.29. The molecule has 0 radical (unpaired) electrons. The second-order valence-electron chi connectivity index (χ2n) is 5.62. The number of hydrogen-bond donors (Lipinski definition) is 0. The first kappa shape index (κ1) is 18.1. The summed E-state index contributed by atoms with van der Waals surface area (Å²) in [5.41, 5.74) is 0.858. The Labute approximate surface area is 157 Å². The molecule has 0 unspecified atom stereocenters. The second-order valence-corrected chi connectivity index (χ2v) is 7.29. The Morgan fingerprint density at radius 2 is 2.08 bits per heavy atom. The molecule has 0 aliphatic carbocycles. The predicted octanol–water partition coefficient (Wildman–Crippen LogP) is 2.74. The van der Waals surface area contributed by atoms with E-state index in [1.54, 1.807) is 11.0 Å². The highest BCUT2D eigenvalue weighted by atomic mass is 32.2. The van der Waals surface area contributed by atoms with Crippen molar-refractivity contribution in [2.75, 3.05) is 39.6 Å². The van der Waals surface area contributed by atoms with Crippen LogP contribution in [0.5, 0.6) is 5.75 Å².